The van der Waals surface area contributed by atoms with E-state index >= 15 is 0 Å². The maximum absolute atomic E-state index is 13.4. The summed E-state index contributed by atoms with van der Waals surface area (Å²) in [7, 11) is 0. The van der Waals surface area contributed by atoms with E-state index < -0.39 is 0 Å². The largest absolute Gasteiger partial charge is 0.322 e. The first-order valence-electron chi connectivity index (χ1n) is 23.5. The monoisotopic (exact) mass is 989 g/mol. The molecule has 354 valence electrons. The average Bonchev–Trinajstić information content (AvgIpc) is 4.00. The van der Waals surface area contributed by atoms with Gasteiger partial charge in [-0.2, -0.15) is 20.4 Å². The zero-order valence-electron chi connectivity index (χ0n) is 37.4. The molecule has 8 aromatic rings. The van der Waals surface area contributed by atoms with Gasteiger partial charge in [-0.15, -0.1) is 0 Å². The van der Waals surface area contributed by atoms with E-state index in [1.165, 1.54) is 57.6 Å². The summed E-state index contributed by atoms with van der Waals surface area (Å²) < 4.78 is 3.63. The molecule has 1 aliphatic heterocycles. The predicted molar refractivity (Wildman–Crippen MR) is 275 cm³/mol. The van der Waals surface area contributed by atoms with Crippen molar-refractivity contribution < 1.29 is 9.59 Å². The molecule has 5 heterocycles. The Hall–Kier alpha value is -7.04. The van der Waals surface area contributed by atoms with Crippen molar-refractivity contribution in [3.05, 3.63) is 154 Å². The van der Waals surface area contributed by atoms with Crippen molar-refractivity contribution in [3.8, 4) is 22.5 Å². The van der Waals surface area contributed by atoms with E-state index in [-0.39, 0.29) is 36.4 Å². The van der Waals surface area contributed by atoms with E-state index in [9.17, 15) is 19.2 Å². The number of rotatable bonds is 10. The molecule has 15 nitrogen and oxygen atoms in total. The van der Waals surface area contributed by atoms with E-state index in [0.29, 0.717) is 56.8 Å². The molecule has 5 N–H and O–H groups in total. The van der Waals surface area contributed by atoms with Crippen molar-refractivity contribution in [2.45, 2.75) is 82.1 Å². The van der Waals surface area contributed by atoms with Crippen LogP contribution in [-0.4, -0.2) is 69.7 Å². The Labute approximate surface area is 407 Å². The summed E-state index contributed by atoms with van der Waals surface area (Å²) in [5.41, 5.74) is 5.42. The van der Waals surface area contributed by atoms with Crippen LogP contribution >= 0.6 is 15.9 Å². The van der Waals surface area contributed by atoms with Crippen LogP contribution in [0.3, 0.4) is 0 Å². The first kappa shape index (κ1) is 47.0. The number of nitrogens with zero attached hydrogens (tertiary/aromatic N) is 6. The van der Waals surface area contributed by atoms with Gasteiger partial charge in [-0.05, 0) is 99.7 Å². The van der Waals surface area contributed by atoms with Crippen molar-refractivity contribution >= 4 is 60.7 Å². The quantitative estimate of drug-likeness (QED) is 0.0828. The second kappa shape index (κ2) is 21.1. The number of aromatic nitrogens is 8. The topological polar surface area (TPSA) is 197 Å². The first-order chi connectivity index (χ1) is 33.3. The number of benzene rings is 4. The number of nitrogens with one attached hydrogen (secondary N) is 5. The van der Waals surface area contributed by atoms with Gasteiger partial charge >= 0.3 is 0 Å². The number of halogens is 1. The Morgan fingerprint density at radius 1 is 0.681 bits per heavy atom. The number of H-pyrrole nitrogens is 2. The average molecular weight is 991 g/mol. The summed E-state index contributed by atoms with van der Waals surface area (Å²) >= 11 is 3.54. The SMILES string of the molecule is BrC1CCCC1.C.O=C(Nc1ccc(-c2n[nH]c(=O)c3ccccc23)cc1)c1cnn(C2CCNC2)c1.O=C(Nc1ccc(-c2nn(C(C3CC3)C3CC3)c(=O)c3ccccc23)cc1)c1cn[nH]c1. The summed E-state index contributed by atoms with van der Waals surface area (Å²) in [4.78, 5) is 51.0. The molecule has 4 aromatic carbocycles. The minimum absolute atomic E-state index is 0. The molecule has 4 fully saturated rings. The summed E-state index contributed by atoms with van der Waals surface area (Å²) in [6.45, 7) is 1.84. The molecule has 16 heteroatoms. The van der Waals surface area contributed by atoms with E-state index in [1.54, 1.807) is 29.3 Å². The number of fused-ring (bicyclic) bond motifs is 2. The van der Waals surface area contributed by atoms with Gasteiger partial charge in [-0.1, -0.05) is 96.9 Å². The van der Waals surface area contributed by atoms with Crippen LogP contribution in [0, 0.1) is 11.8 Å². The third kappa shape index (κ3) is 10.8. The second-order valence-corrected chi connectivity index (χ2v) is 19.3. The molecule has 69 heavy (non-hydrogen) atoms. The number of anilines is 2. The molecule has 0 radical (unpaired) electrons. The van der Waals surface area contributed by atoms with Gasteiger partial charge in [0.15, 0.2) is 0 Å². The summed E-state index contributed by atoms with van der Waals surface area (Å²) in [5.74, 6) is 0.720. The number of amides is 2. The Morgan fingerprint density at radius 2 is 1.26 bits per heavy atom. The molecule has 0 spiro atoms. The van der Waals surface area contributed by atoms with Gasteiger partial charge < -0.3 is 16.0 Å². The minimum atomic E-state index is -0.222. The fourth-order valence-electron chi connectivity index (χ4n) is 9.22. The van der Waals surface area contributed by atoms with Crippen LogP contribution in [0.25, 0.3) is 44.1 Å². The molecular formula is C53H56BrN11O4. The molecule has 4 aliphatic rings. The number of hydrogen-bond donors (Lipinski definition) is 5. The Balaban J connectivity index is 0.000000151. The van der Waals surface area contributed by atoms with Gasteiger partial charge in [-0.25, -0.2) is 9.78 Å². The van der Waals surface area contributed by atoms with Gasteiger partial charge in [0.05, 0.1) is 57.8 Å². The number of carbonyl (C=O) groups is 2. The van der Waals surface area contributed by atoms with Gasteiger partial charge in [0.1, 0.15) is 0 Å². The summed E-state index contributed by atoms with van der Waals surface area (Å²) in [5, 5.41) is 34.5. The van der Waals surface area contributed by atoms with Crippen LogP contribution in [0.5, 0.6) is 0 Å². The highest BCUT2D eigenvalue weighted by atomic mass is 79.9. The zero-order valence-corrected chi connectivity index (χ0v) is 39.0. The second-order valence-electron chi connectivity index (χ2n) is 18.0. The highest BCUT2D eigenvalue weighted by Gasteiger charge is 2.44. The number of carbonyl (C=O) groups excluding carboxylic acids is 2. The lowest BCUT2D eigenvalue weighted by Crippen LogP contribution is -2.30. The molecule has 1 saturated heterocycles. The zero-order chi connectivity index (χ0) is 46.6. The van der Waals surface area contributed by atoms with Crippen LogP contribution in [0.15, 0.2) is 131 Å². The first-order valence-corrected chi connectivity index (χ1v) is 24.4. The highest BCUT2D eigenvalue weighted by Crippen LogP contribution is 2.51. The predicted octanol–water partition coefficient (Wildman–Crippen LogP) is 9.93. The van der Waals surface area contributed by atoms with Gasteiger partial charge in [0, 0.05) is 57.0 Å². The number of hydrogen-bond acceptors (Lipinski definition) is 9. The minimum Gasteiger partial charge on any atom is -0.322 e. The molecule has 0 bridgehead atoms. The lowest BCUT2D eigenvalue weighted by molar-refractivity contribution is 0.101. The molecule has 12 rings (SSSR count). The smallest absolute Gasteiger partial charge is 0.274 e. The van der Waals surface area contributed by atoms with Crippen LogP contribution in [0.4, 0.5) is 11.4 Å². The Bertz CT molecular complexity index is 3150. The number of alkyl halides is 1. The van der Waals surface area contributed by atoms with E-state index in [4.69, 9.17) is 5.10 Å². The third-order valence-corrected chi connectivity index (χ3v) is 14.1. The van der Waals surface area contributed by atoms with Crippen molar-refractivity contribution in [2.75, 3.05) is 23.7 Å². The van der Waals surface area contributed by atoms with Gasteiger partial charge in [0.25, 0.3) is 22.9 Å². The molecule has 1 atom stereocenters. The summed E-state index contributed by atoms with van der Waals surface area (Å²) in [6.07, 6.45) is 17.9. The molecular weight excluding hydrogens is 935 g/mol. The van der Waals surface area contributed by atoms with Gasteiger partial charge in [-0.3, -0.25) is 29.0 Å². The molecule has 1 unspecified atom stereocenters. The van der Waals surface area contributed by atoms with Crippen LogP contribution < -0.4 is 27.1 Å². The van der Waals surface area contributed by atoms with E-state index in [2.05, 4.69) is 57.4 Å². The van der Waals surface area contributed by atoms with Crippen LogP contribution in [0.2, 0.25) is 0 Å². The van der Waals surface area contributed by atoms with Crippen LogP contribution in [0.1, 0.15) is 98.0 Å². The van der Waals surface area contributed by atoms with Crippen molar-refractivity contribution in [2.24, 2.45) is 11.8 Å². The molecule has 4 aromatic heterocycles. The van der Waals surface area contributed by atoms with E-state index in [1.807, 2.05) is 95.7 Å². The summed E-state index contributed by atoms with van der Waals surface area (Å²) in [6, 6.07) is 30.6. The van der Waals surface area contributed by atoms with Crippen LogP contribution in [-0.2, 0) is 0 Å². The maximum atomic E-state index is 13.4. The molecule has 3 saturated carbocycles. The van der Waals surface area contributed by atoms with Crippen molar-refractivity contribution in [3.63, 3.8) is 0 Å². The normalized spacial score (nSPS) is 16.6. The molecule has 2 amide bonds. The lowest BCUT2D eigenvalue weighted by atomic mass is 10.0. The molecule has 3 aliphatic carbocycles. The van der Waals surface area contributed by atoms with E-state index in [0.717, 1.165) is 51.9 Å². The third-order valence-electron chi connectivity index (χ3n) is 13.2. The fraction of sp³-hybridized carbons (Fsp3) is 0.321. The highest BCUT2D eigenvalue weighted by molar-refractivity contribution is 9.09. The van der Waals surface area contributed by atoms with Crippen molar-refractivity contribution in [1.29, 1.82) is 0 Å². The Morgan fingerprint density at radius 3 is 1.81 bits per heavy atom. The standard InChI is InChI=1S/C25H23N5O2.C22H20N6O2.C5H9Br.CH4/c31-24(18-13-26-27-14-18)28-19-11-9-15(10-12-19)22-20-3-1-2-4-21(20)25(32)30(29-22)23(16-5-6-16)17-7-8-17;29-21(15-11-24-28(13-15)17-9-10-23-12-17)25-16-7-5-14(6-8-16)20-18-3-1-2-4-19(18)22(30)27-26-20;6-5-3-1-2-4-5;/h1-4,9-14,16-17,23H,5-8H2,(H,26,27)(H,28,31);1-8,11,13,17,23H,9-10,12H2,(H,25,29)(H,27,30);5H,1-4H2;1H4. The Kier molecular flexibility index (Phi) is 14.4. The lowest BCUT2D eigenvalue weighted by Gasteiger charge is -2.20. The van der Waals surface area contributed by atoms with Crippen molar-refractivity contribution in [1.82, 2.24) is 45.3 Å². The fourth-order valence-corrected chi connectivity index (χ4v) is 9.86. The number of aromatic amines is 2. The van der Waals surface area contributed by atoms with Gasteiger partial charge in [0.2, 0.25) is 0 Å². The maximum Gasteiger partial charge on any atom is 0.274 e.